The molecule has 0 spiro atoms. The Morgan fingerprint density at radius 1 is 1.14 bits per heavy atom. The molecular formula is C19H18ClF3N2O3S. The standard InChI is InChI=1S/C19H18ClF3N2O3S/c20-17-9-8-15(10-16(17)19(21,22)23)29(27,28)25(11-13-4-2-1-3-5-13)12-18(26)24-14-6-7-14/h1-5,8-10,14H,6-7,11-12H2,(H,24,26). The van der Waals surface area contributed by atoms with Crippen LogP contribution in [-0.4, -0.2) is 31.2 Å². The molecule has 0 atom stereocenters. The highest BCUT2D eigenvalue weighted by Crippen LogP contribution is 2.36. The predicted molar refractivity (Wildman–Crippen MR) is 102 cm³/mol. The summed E-state index contributed by atoms with van der Waals surface area (Å²) >= 11 is 5.60. The number of carbonyl (C=O) groups excluding carboxylic acids is 1. The van der Waals surface area contributed by atoms with Crippen molar-refractivity contribution in [3.63, 3.8) is 0 Å². The van der Waals surface area contributed by atoms with Crippen molar-refractivity contribution in [2.75, 3.05) is 6.54 Å². The molecular weight excluding hydrogens is 429 g/mol. The van der Waals surface area contributed by atoms with Crippen molar-refractivity contribution in [2.24, 2.45) is 0 Å². The van der Waals surface area contributed by atoms with Gasteiger partial charge >= 0.3 is 6.18 Å². The predicted octanol–water partition coefficient (Wildman–Crippen LogP) is 3.83. The van der Waals surface area contributed by atoms with Crippen LogP contribution < -0.4 is 5.32 Å². The Morgan fingerprint density at radius 2 is 1.79 bits per heavy atom. The Balaban J connectivity index is 1.95. The van der Waals surface area contributed by atoms with E-state index in [0.29, 0.717) is 11.6 Å². The first-order valence-electron chi connectivity index (χ1n) is 8.77. The third kappa shape index (κ3) is 5.49. The summed E-state index contributed by atoms with van der Waals surface area (Å²) in [5.74, 6) is -0.503. The number of halogens is 4. The zero-order valence-corrected chi connectivity index (χ0v) is 16.7. The minimum atomic E-state index is -4.81. The fraction of sp³-hybridized carbons (Fsp3) is 0.316. The van der Waals surface area contributed by atoms with Crippen molar-refractivity contribution >= 4 is 27.5 Å². The van der Waals surface area contributed by atoms with Gasteiger partial charge in [-0.05, 0) is 36.6 Å². The smallest absolute Gasteiger partial charge is 0.352 e. The van der Waals surface area contributed by atoms with Gasteiger partial charge in [-0.3, -0.25) is 4.79 Å². The zero-order valence-electron chi connectivity index (χ0n) is 15.1. The first-order chi connectivity index (χ1) is 13.6. The first-order valence-corrected chi connectivity index (χ1v) is 10.6. The second kappa shape index (κ2) is 8.33. The number of hydrogen-bond donors (Lipinski definition) is 1. The SMILES string of the molecule is O=C(CN(Cc1ccccc1)S(=O)(=O)c1ccc(Cl)c(C(F)(F)F)c1)NC1CC1. The summed E-state index contributed by atoms with van der Waals surface area (Å²) in [5.41, 5.74) is -0.650. The van der Waals surface area contributed by atoms with E-state index in [1.807, 2.05) is 0 Å². The molecule has 0 bridgehead atoms. The van der Waals surface area contributed by atoms with Gasteiger partial charge in [0.15, 0.2) is 0 Å². The van der Waals surface area contributed by atoms with Crippen LogP contribution in [0.4, 0.5) is 13.2 Å². The van der Waals surface area contributed by atoms with Crippen molar-refractivity contribution in [1.82, 2.24) is 9.62 Å². The van der Waals surface area contributed by atoms with Gasteiger partial charge in [-0.1, -0.05) is 41.9 Å². The number of carbonyl (C=O) groups is 1. The molecule has 2 aromatic rings. The highest BCUT2D eigenvalue weighted by molar-refractivity contribution is 7.89. The summed E-state index contributed by atoms with van der Waals surface area (Å²) in [7, 11) is -4.40. The summed E-state index contributed by atoms with van der Waals surface area (Å²) in [6.45, 7) is -0.664. The maximum Gasteiger partial charge on any atom is 0.417 e. The van der Waals surface area contributed by atoms with Crippen LogP contribution in [0.25, 0.3) is 0 Å². The number of rotatable bonds is 7. The van der Waals surface area contributed by atoms with Gasteiger partial charge in [0.1, 0.15) is 0 Å². The molecule has 1 amide bonds. The van der Waals surface area contributed by atoms with Crippen LogP contribution in [0.15, 0.2) is 53.4 Å². The minimum absolute atomic E-state index is 0.0242. The molecule has 1 aliphatic carbocycles. The molecule has 0 unspecified atom stereocenters. The normalized spacial score (nSPS) is 14.8. The van der Waals surface area contributed by atoms with E-state index in [1.165, 1.54) is 0 Å². The highest BCUT2D eigenvalue weighted by atomic mass is 35.5. The van der Waals surface area contributed by atoms with Crippen LogP contribution in [-0.2, 0) is 27.5 Å². The Bertz CT molecular complexity index is 994. The van der Waals surface area contributed by atoms with E-state index in [9.17, 15) is 26.4 Å². The lowest BCUT2D eigenvalue weighted by Crippen LogP contribution is -2.41. The van der Waals surface area contributed by atoms with Crippen molar-refractivity contribution in [2.45, 2.75) is 36.5 Å². The summed E-state index contributed by atoms with van der Waals surface area (Å²) in [4.78, 5) is 11.7. The number of nitrogens with one attached hydrogen (secondary N) is 1. The molecule has 0 aliphatic heterocycles. The van der Waals surface area contributed by atoms with Crippen molar-refractivity contribution < 1.29 is 26.4 Å². The third-order valence-electron chi connectivity index (χ3n) is 4.35. The highest BCUT2D eigenvalue weighted by Gasteiger charge is 2.36. The van der Waals surface area contributed by atoms with E-state index < -0.39 is 44.1 Å². The molecule has 156 valence electrons. The summed E-state index contributed by atoms with van der Waals surface area (Å²) in [6.07, 6.45) is -3.16. The van der Waals surface area contributed by atoms with E-state index >= 15 is 0 Å². The Morgan fingerprint density at radius 3 is 2.38 bits per heavy atom. The molecule has 2 aromatic carbocycles. The lowest BCUT2D eigenvalue weighted by molar-refractivity contribution is -0.137. The number of sulfonamides is 1. The summed E-state index contributed by atoms with van der Waals surface area (Å²) in [5, 5.41) is 2.09. The van der Waals surface area contributed by atoms with E-state index in [-0.39, 0.29) is 12.6 Å². The largest absolute Gasteiger partial charge is 0.417 e. The van der Waals surface area contributed by atoms with Gasteiger partial charge in [-0.25, -0.2) is 8.42 Å². The molecule has 1 aliphatic rings. The van der Waals surface area contributed by atoms with Crippen LogP contribution in [0.5, 0.6) is 0 Å². The van der Waals surface area contributed by atoms with Gasteiger partial charge in [0.05, 0.1) is 22.0 Å². The molecule has 0 heterocycles. The van der Waals surface area contributed by atoms with Gasteiger partial charge in [0.25, 0.3) is 0 Å². The quantitative estimate of drug-likeness (QED) is 0.703. The van der Waals surface area contributed by atoms with Crippen molar-refractivity contribution in [3.8, 4) is 0 Å². The van der Waals surface area contributed by atoms with Crippen LogP contribution in [0.3, 0.4) is 0 Å². The van der Waals surface area contributed by atoms with E-state index in [0.717, 1.165) is 29.3 Å². The fourth-order valence-corrected chi connectivity index (χ4v) is 4.34. The molecule has 29 heavy (non-hydrogen) atoms. The van der Waals surface area contributed by atoms with Crippen molar-refractivity contribution in [1.29, 1.82) is 0 Å². The fourth-order valence-electron chi connectivity index (χ4n) is 2.71. The zero-order chi connectivity index (χ0) is 21.2. The average Bonchev–Trinajstić information content (AvgIpc) is 3.45. The molecule has 1 saturated carbocycles. The number of hydrogen-bond acceptors (Lipinski definition) is 3. The van der Waals surface area contributed by atoms with E-state index in [2.05, 4.69) is 5.32 Å². The first kappa shape index (κ1) is 21.6. The van der Waals surface area contributed by atoms with E-state index in [1.54, 1.807) is 30.3 Å². The maximum absolute atomic E-state index is 13.2. The van der Waals surface area contributed by atoms with Crippen LogP contribution in [0.2, 0.25) is 5.02 Å². The van der Waals surface area contributed by atoms with Crippen LogP contribution in [0.1, 0.15) is 24.0 Å². The summed E-state index contributed by atoms with van der Waals surface area (Å²) in [6, 6.07) is 10.9. The Kier molecular flexibility index (Phi) is 6.21. The van der Waals surface area contributed by atoms with Gasteiger partial charge in [0, 0.05) is 12.6 Å². The number of nitrogens with zero attached hydrogens (tertiary/aromatic N) is 1. The second-order valence-corrected chi connectivity index (χ2v) is 9.09. The monoisotopic (exact) mass is 446 g/mol. The lowest BCUT2D eigenvalue weighted by atomic mass is 10.2. The maximum atomic E-state index is 13.2. The molecule has 3 rings (SSSR count). The number of benzene rings is 2. The van der Waals surface area contributed by atoms with E-state index in [4.69, 9.17) is 11.6 Å². The average molecular weight is 447 g/mol. The van der Waals surface area contributed by atoms with Crippen molar-refractivity contribution in [3.05, 3.63) is 64.7 Å². The molecule has 0 radical (unpaired) electrons. The number of amides is 1. The second-order valence-electron chi connectivity index (χ2n) is 6.74. The topological polar surface area (TPSA) is 66.5 Å². The van der Waals surface area contributed by atoms with Crippen LogP contribution in [0, 0.1) is 0 Å². The lowest BCUT2D eigenvalue weighted by Gasteiger charge is -2.22. The van der Waals surface area contributed by atoms with Gasteiger partial charge < -0.3 is 5.32 Å². The van der Waals surface area contributed by atoms with Gasteiger partial charge in [-0.15, -0.1) is 0 Å². The Hall–Kier alpha value is -2.10. The molecule has 1 N–H and O–H groups in total. The molecule has 0 aromatic heterocycles. The summed E-state index contributed by atoms with van der Waals surface area (Å²) < 4.78 is 66.6. The van der Waals surface area contributed by atoms with Gasteiger partial charge in [0.2, 0.25) is 15.9 Å². The minimum Gasteiger partial charge on any atom is -0.352 e. The molecule has 1 fully saturated rings. The third-order valence-corrected chi connectivity index (χ3v) is 6.46. The Labute approximate surface area is 171 Å². The molecule has 10 heteroatoms. The van der Waals surface area contributed by atoms with Gasteiger partial charge in [-0.2, -0.15) is 17.5 Å². The molecule has 0 saturated heterocycles. The van der Waals surface area contributed by atoms with Crippen LogP contribution >= 0.6 is 11.6 Å². The number of alkyl halides is 3. The molecule has 5 nitrogen and oxygen atoms in total.